The van der Waals surface area contributed by atoms with E-state index in [4.69, 9.17) is 11.6 Å². The minimum atomic E-state index is 0.00294. The van der Waals surface area contributed by atoms with Crippen LogP contribution in [0.4, 0.5) is 0 Å². The van der Waals surface area contributed by atoms with E-state index >= 15 is 0 Å². The van der Waals surface area contributed by atoms with Gasteiger partial charge in [-0.15, -0.1) is 11.6 Å². The molecule has 82 valence electrons. The number of alkyl halides is 1. The number of carbonyl (C=O) groups is 1. The molecule has 1 amide bonds. The molecular weight excluding hydrogens is 218 g/mol. The highest BCUT2D eigenvalue weighted by atomic mass is 35.5. The summed E-state index contributed by atoms with van der Waals surface area (Å²) in [6.45, 7) is 4.80. The summed E-state index contributed by atoms with van der Waals surface area (Å²) in [7, 11) is 0. The second kappa shape index (κ2) is 5.26. The van der Waals surface area contributed by atoms with E-state index < -0.39 is 0 Å². The second-order valence-electron chi connectivity index (χ2n) is 4.58. The van der Waals surface area contributed by atoms with E-state index in [0.29, 0.717) is 12.4 Å². The van der Waals surface area contributed by atoms with Gasteiger partial charge in [0.05, 0.1) is 0 Å². The first-order valence-corrected chi connectivity index (χ1v) is 6.65. The van der Waals surface area contributed by atoms with Gasteiger partial charge in [0.2, 0.25) is 5.91 Å². The zero-order valence-corrected chi connectivity index (χ0v) is 10.4. The van der Waals surface area contributed by atoms with Gasteiger partial charge in [0, 0.05) is 24.1 Å². The Morgan fingerprint density at radius 3 is 2.86 bits per heavy atom. The lowest BCUT2D eigenvalue weighted by Gasteiger charge is -2.22. The van der Waals surface area contributed by atoms with Crippen LogP contribution < -0.4 is 5.32 Å². The predicted octanol–water partition coefficient (Wildman–Crippen LogP) is 2.12. The van der Waals surface area contributed by atoms with E-state index in [1.54, 1.807) is 0 Å². The summed E-state index contributed by atoms with van der Waals surface area (Å²) < 4.78 is 0. The molecule has 4 heteroatoms. The summed E-state index contributed by atoms with van der Waals surface area (Å²) in [4.78, 5) is 11.6. The van der Waals surface area contributed by atoms with E-state index in [1.165, 1.54) is 0 Å². The van der Waals surface area contributed by atoms with Gasteiger partial charge in [-0.2, -0.15) is 11.8 Å². The van der Waals surface area contributed by atoms with Crippen LogP contribution in [0.3, 0.4) is 0 Å². The average molecular weight is 236 g/mol. The van der Waals surface area contributed by atoms with Crippen LogP contribution in [0.25, 0.3) is 0 Å². The molecule has 0 aliphatic carbocycles. The summed E-state index contributed by atoms with van der Waals surface area (Å²) in [6.07, 6.45) is 1.03. The lowest BCUT2D eigenvalue weighted by Crippen LogP contribution is -2.38. The second-order valence-corrected chi connectivity index (χ2v) is 5.99. The molecule has 0 saturated carbocycles. The number of rotatable bonds is 4. The third-order valence-electron chi connectivity index (χ3n) is 2.40. The number of halogens is 1. The molecule has 0 aromatic rings. The first-order valence-electron chi connectivity index (χ1n) is 4.96. The van der Waals surface area contributed by atoms with Crippen molar-refractivity contribution in [2.45, 2.75) is 20.3 Å². The maximum absolute atomic E-state index is 11.6. The van der Waals surface area contributed by atoms with Crippen LogP contribution in [0, 0.1) is 11.3 Å². The van der Waals surface area contributed by atoms with Gasteiger partial charge in [-0.1, -0.05) is 13.8 Å². The van der Waals surface area contributed by atoms with E-state index in [-0.39, 0.29) is 17.2 Å². The summed E-state index contributed by atoms with van der Waals surface area (Å²) in [5.74, 6) is 3.11. The zero-order chi connectivity index (χ0) is 10.6. The molecule has 1 unspecified atom stereocenters. The number of amides is 1. The Bertz CT molecular complexity index is 202. The number of thioether (sulfide) groups is 1. The van der Waals surface area contributed by atoms with Crippen molar-refractivity contribution in [1.29, 1.82) is 0 Å². The smallest absolute Gasteiger partial charge is 0.223 e. The van der Waals surface area contributed by atoms with Gasteiger partial charge < -0.3 is 5.32 Å². The van der Waals surface area contributed by atoms with Crippen LogP contribution in [-0.2, 0) is 4.79 Å². The minimum Gasteiger partial charge on any atom is -0.355 e. The van der Waals surface area contributed by atoms with Crippen molar-refractivity contribution in [1.82, 2.24) is 5.32 Å². The van der Waals surface area contributed by atoms with Crippen molar-refractivity contribution in [3.63, 3.8) is 0 Å². The maximum Gasteiger partial charge on any atom is 0.223 e. The SMILES string of the molecule is CC(C)(CCl)CNC(=O)C1CCSC1. The summed E-state index contributed by atoms with van der Waals surface area (Å²) in [6, 6.07) is 0. The van der Waals surface area contributed by atoms with Gasteiger partial charge in [0.15, 0.2) is 0 Å². The minimum absolute atomic E-state index is 0.00294. The molecule has 1 aliphatic heterocycles. The Morgan fingerprint density at radius 2 is 2.36 bits per heavy atom. The van der Waals surface area contributed by atoms with E-state index in [0.717, 1.165) is 17.9 Å². The fraction of sp³-hybridized carbons (Fsp3) is 0.900. The predicted molar refractivity (Wildman–Crippen MR) is 62.9 cm³/mol. The largest absolute Gasteiger partial charge is 0.355 e. The van der Waals surface area contributed by atoms with Gasteiger partial charge in [-0.05, 0) is 17.6 Å². The third-order valence-corrected chi connectivity index (χ3v) is 4.29. The molecule has 14 heavy (non-hydrogen) atoms. The molecule has 1 saturated heterocycles. The van der Waals surface area contributed by atoms with Gasteiger partial charge >= 0.3 is 0 Å². The Labute approximate surface area is 95.2 Å². The Kier molecular flexibility index (Phi) is 4.58. The fourth-order valence-electron chi connectivity index (χ4n) is 1.26. The summed E-state index contributed by atoms with van der Waals surface area (Å²) in [5, 5.41) is 2.98. The van der Waals surface area contributed by atoms with Crippen molar-refractivity contribution >= 4 is 29.3 Å². The monoisotopic (exact) mass is 235 g/mol. The standard InChI is InChI=1S/C10H18ClNOS/c1-10(2,6-11)7-12-9(13)8-3-4-14-5-8/h8H,3-7H2,1-2H3,(H,12,13). The van der Waals surface area contributed by atoms with Crippen LogP contribution in [0.15, 0.2) is 0 Å². The first-order chi connectivity index (χ1) is 6.55. The van der Waals surface area contributed by atoms with Crippen molar-refractivity contribution in [3.8, 4) is 0 Å². The quantitative estimate of drug-likeness (QED) is 0.757. The van der Waals surface area contributed by atoms with E-state index in [2.05, 4.69) is 19.2 Å². The van der Waals surface area contributed by atoms with E-state index in [9.17, 15) is 4.79 Å². The molecule has 2 nitrogen and oxygen atoms in total. The first kappa shape index (κ1) is 12.2. The Balaban J connectivity index is 2.27. The molecule has 1 atom stereocenters. The topological polar surface area (TPSA) is 29.1 Å². The average Bonchev–Trinajstić information content (AvgIpc) is 2.67. The van der Waals surface area contributed by atoms with Gasteiger partial charge in [-0.25, -0.2) is 0 Å². The molecule has 1 rings (SSSR count). The molecule has 0 radical (unpaired) electrons. The van der Waals surface area contributed by atoms with Crippen molar-refractivity contribution < 1.29 is 4.79 Å². The highest BCUT2D eigenvalue weighted by Gasteiger charge is 2.25. The number of hydrogen-bond donors (Lipinski definition) is 1. The fourth-order valence-corrected chi connectivity index (χ4v) is 2.57. The highest BCUT2D eigenvalue weighted by Crippen LogP contribution is 2.23. The third kappa shape index (κ3) is 3.70. The Hall–Kier alpha value is 0.110. The van der Waals surface area contributed by atoms with Gasteiger partial charge in [0.1, 0.15) is 0 Å². The van der Waals surface area contributed by atoms with Crippen LogP contribution in [-0.4, -0.2) is 29.8 Å². The summed E-state index contributed by atoms with van der Waals surface area (Å²) >= 11 is 7.64. The zero-order valence-electron chi connectivity index (χ0n) is 8.81. The molecule has 1 aliphatic rings. The lowest BCUT2D eigenvalue weighted by atomic mass is 9.96. The van der Waals surface area contributed by atoms with Crippen molar-refractivity contribution in [2.75, 3.05) is 23.9 Å². The van der Waals surface area contributed by atoms with Crippen molar-refractivity contribution in [3.05, 3.63) is 0 Å². The highest BCUT2D eigenvalue weighted by molar-refractivity contribution is 7.99. The van der Waals surface area contributed by atoms with Crippen molar-refractivity contribution in [2.24, 2.45) is 11.3 Å². The number of carbonyl (C=O) groups excluding carboxylic acids is 1. The molecule has 1 N–H and O–H groups in total. The molecule has 0 bridgehead atoms. The maximum atomic E-state index is 11.6. The van der Waals surface area contributed by atoms with E-state index in [1.807, 2.05) is 11.8 Å². The summed E-state index contributed by atoms with van der Waals surface area (Å²) in [5.41, 5.74) is 0.00294. The van der Waals surface area contributed by atoms with Gasteiger partial charge in [0.25, 0.3) is 0 Å². The van der Waals surface area contributed by atoms with Crippen LogP contribution in [0.5, 0.6) is 0 Å². The Morgan fingerprint density at radius 1 is 1.64 bits per heavy atom. The number of hydrogen-bond acceptors (Lipinski definition) is 2. The lowest BCUT2D eigenvalue weighted by molar-refractivity contribution is -0.124. The van der Waals surface area contributed by atoms with Crippen LogP contribution in [0.1, 0.15) is 20.3 Å². The molecule has 0 spiro atoms. The normalized spacial score (nSPS) is 22.4. The molecular formula is C10H18ClNOS. The molecule has 0 aromatic carbocycles. The van der Waals surface area contributed by atoms with Crippen LogP contribution >= 0.6 is 23.4 Å². The molecule has 1 heterocycles. The van der Waals surface area contributed by atoms with Gasteiger partial charge in [-0.3, -0.25) is 4.79 Å². The molecule has 1 fully saturated rings. The van der Waals surface area contributed by atoms with Crippen LogP contribution in [0.2, 0.25) is 0 Å². The number of nitrogens with one attached hydrogen (secondary N) is 1. The molecule has 0 aromatic heterocycles.